The normalized spacial score (nSPS) is 13.5. The van der Waals surface area contributed by atoms with E-state index >= 15 is 0 Å². The van der Waals surface area contributed by atoms with Crippen LogP contribution < -0.4 is 5.32 Å². The molecule has 1 aromatic heterocycles. The molecule has 0 amide bonds. The predicted octanol–water partition coefficient (Wildman–Crippen LogP) is 4.86. The van der Waals surface area contributed by atoms with Crippen molar-refractivity contribution < 1.29 is 0 Å². The molecule has 0 saturated heterocycles. The van der Waals surface area contributed by atoms with E-state index in [4.69, 9.17) is 11.6 Å². The van der Waals surface area contributed by atoms with Crippen molar-refractivity contribution in [3.05, 3.63) is 19.8 Å². The van der Waals surface area contributed by atoms with Crippen molar-refractivity contribution in [3.63, 3.8) is 0 Å². The molecule has 0 saturated carbocycles. The number of hydrogen-bond acceptors (Lipinski definition) is 2. The average Bonchev–Trinajstić information content (AvgIpc) is 2.47. The number of hydrogen-bond donors (Lipinski definition) is 1. The minimum atomic E-state index is 0.416. The summed E-state index contributed by atoms with van der Waals surface area (Å²) in [5.41, 5.74) is 0. The van der Waals surface area contributed by atoms with E-state index in [1.54, 1.807) is 11.3 Å². The highest BCUT2D eigenvalue weighted by atomic mass is 79.9. The lowest BCUT2D eigenvalue weighted by molar-refractivity contribution is 0.418. The van der Waals surface area contributed by atoms with Gasteiger partial charge < -0.3 is 5.32 Å². The molecule has 86 valence electrons. The Hall–Kier alpha value is 0.430. The third kappa shape index (κ3) is 3.74. The lowest BCUT2D eigenvalue weighted by Crippen LogP contribution is -2.25. The molecule has 1 atom stereocenters. The Balaban J connectivity index is 2.79. The van der Waals surface area contributed by atoms with Crippen LogP contribution in [0.2, 0.25) is 5.02 Å². The third-order valence-electron chi connectivity index (χ3n) is 2.25. The molecule has 1 N–H and O–H groups in total. The van der Waals surface area contributed by atoms with Crippen molar-refractivity contribution in [2.75, 3.05) is 6.54 Å². The van der Waals surface area contributed by atoms with Crippen LogP contribution in [0.5, 0.6) is 0 Å². The van der Waals surface area contributed by atoms with Crippen LogP contribution in [0, 0.1) is 5.92 Å². The van der Waals surface area contributed by atoms with Gasteiger partial charge in [0.05, 0.1) is 8.81 Å². The van der Waals surface area contributed by atoms with Crippen LogP contribution in [0.1, 0.15) is 38.1 Å². The minimum Gasteiger partial charge on any atom is -0.309 e. The molecular weight excluding hydrogens is 294 g/mol. The Morgan fingerprint density at radius 1 is 1.53 bits per heavy atom. The van der Waals surface area contributed by atoms with Gasteiger partial charge in [-0.25, -0.2) is 0 Å². The summed E-state index contributed by atoms with van der Waals surface area (Å²) in [7, 11) is 0. The molecule has 15 heavy (non-hydrogen) atoms. The summed E-state index contributed by atoms with van der Waals surface area (Å²) in [6, 6.07) is 2.47. The second kappa shape index (κ2) is 6.24. The van der Waals surface area contributed by atoms with Crippen LogP contribution in [0.3, 0.4) is 0 Å². The Kier molecular flexibility index (Phi) is 5.61. The van der Waals surface area contributed by atoms with Crippen LogP contribution in [0.4, 0.5) is 0 Å². The molecule has 0 bridgehead atoms. The van der Waals surface area contributed by atoms with E-state index in [0.29, 0.717) is 12.0 Å². The van der Waals surface area contributed by atoms with Gasteiger partial charge in [0.25, 0.3) is 0 Å². The van der Waals surface area contributed by atoms with Crippen molar-refractivity contribution in [1.29, 1.82) is 0 Å². The molecule has 1 rings (SSSR count). The lowest BCUT2D eigenvalue weighted by Gasteiger charge is -2.20. The van der Waals surface area contributed by atoms with Gasteiger partial charge >= 0.3 is 0 Å². The van der Waals surface area contributed by atoms with Crippen LogP contribution >= 0.6 is 38.9 Å². The first-order chi connectivity index (χ1) is 7.06. The first-order valence-electron chi connectivity index (χ1n) is 5.24. The maximum Gasteiger partial charge on any atom is 0.0887 e. The van der Waals surface area contributed by atoms with E-state index in [0.717, 1.165) is 21.8 Å². The van der Waals surface area contributed by atoms with Gasteiger partial charge in [-0.15, -0.1) is 11.3 Å². The number of thiophene rings is 1. The van der Waals surface area contributed by atoms with Crippen LogP contribution in [-0.2, 0) is 0 Å². The van der Waals surface area contributed by atoms with E-state index in [9.17, 15) is 0 Å². The third-order valence-corrected chi connectivity index (χ3v) is 4.81. The number of halogens is 2. The van der Waals surface area contributed by atoms with Gasteiger partial charge in [-0.05, 0) is 40.9 Å². The fraction of sp³-hybridized carbons (Fsp3) is 0.636. The summed E-state index contributed by atoms with van der Waals surface area (Å²) >= 11 is 11.2. The standard InChI is InChI=1S/C11H17BrClNS/c1-4-5-14-10(7(2)3)9-6-8(13)11(12)15-9/h6-7,10,14H,4-5H2,1-3H3. The SMILES string of the molecule is CCCNC(c1cc(Cl)c(Br)s1)C(C)C. The highest BCUT2D eigenvalue weighted by Gasteiger charge is 2.18. The first kappa shape index (κ1) is 13.5. The molecule has 1 unspecified atom stereocenters. The monoisotopic (exact) mass is 309 g/mol. The van der Waals surface area contributed by atoms with Gasteiger partial charge in [0.15, 0.2) is 0 Å². The zero-order valence-corrected chi connectivity index (χ0v) is 12.5. The smallest absolute Gasteiger partial charge is 0.0887 e. The predicted molar refractivity (Wildman–Crippen MR) is 72.9 cm³/mol. The Morgan fingerprint density at radius 3 is 2.60 bits per heavy atom. The Bertz CT molecular complexity index is 292. The summed E-state index contributed by atoms with van der Waals surface area (Å²) in [6.45, 7) is 7.70. The quantitative estimate of drug-likeness (QED) is 0.819. The molecule has 0 aromatic carbocycles. The van der Waals surface area contributed by atoms with Crippen LogP contribution in [-0.4, -0.2) is 6.54 Å². The first-order valence-corrected chi connectivity index (χ1v) is 7.23. The van der Waals surface area contributed by atoms with E-state index in [-0.39, 0.29) is 0 Å². The van der Waals surface area contributed by atoms with Crippen molar-refractivity contribution in [1.82, 2.24) is 5.32 Å². The van der Waals surface area contributed by atoms with Crippen LogP contribution in [0.25, 0.3) is 0 Å². The van der Waals surface area contributed by atoms with Gasteiger partial charge in [-0.1, -0.05) is 32.4 Å². The summed E-state index contributed by atoms with van der Waals surface area (Å²) in [5, 5.41) is 4.38. The van der Waals surface area contributed by atoms with E-state index in [2.05, 4.69) is 48.1 Å². The van der Waals surface area contributed by atoms with Gasteiger partial charge in [0, 0.05) is 10.9 Å². The maximum absolute atomic E-state index is 6.05. The van der Waals surface area contributed by atoms with Gasteiger partial charge in [0.2, 0.25) is 0 Å². The fourth-order valence-corrected chi connectivity index (χ4v) is 3.48. The summed E-state index contributed by atoms with van der Waals surface area (Å²) in [6.07, 6.45) is 1.16. The summed E-state index contributed by atoms with van der Waals surface area (Å²) in [5.74, 6) is 0.582. The topological polar surface area (TPSA) is 12.0 Å². The summed E-state index contributed by atoms with van der Waals surface area (Å²) < 4.78 is 1.03. The highest BCUT2D eigenvalue weighted by Crippen LogP contribution is 2.37. The van der Waals surface area contributed by atoms with Crippen molar-refractivity contribution in [2.45, 2.75) is 33.2 Å². The minimum absolute atomic E-state index is 0.416. The molecular formula is C11H17BrClNS. The van der Waals surface area contributed by atoms with Gasteiger partial charge in [-0.3, -0.25) is 0 Å². The second-order valence-electron chi connectivity index (χ2n) is 3.95. The number of nitrogens with one attached hydrogen (secondary N) is 1. The molecule has 1 heterocycles. The molecule has 0 aliphatic heterocycles. The van der Waals surface area contributed by atoms with E-state index < -0.39 is 0 Å². The molecule has 4 heteroatoms. The fourth-order valence-electron chi connectivity index (χ4n) is 1.48. The molecule has 0 aliphatic carbocycles. The molecule has 0 aliphatic rings. The maximum atomic E-state index is 6.05. The summed E-state index contributed by atoms with van der Waals surface area (Å²) in [4.78, 5) is 1.32. The van der Waals surface area contributed by atoms with Crippen molar-refractivity contribution in [3.8, 4) is 0 Å². The number of rotatable bonds is 5. The van der Waals surface area contributed by atoms with Gasteiger partial charge in [0.1, 0.15) is 0 Å². The zero-order valence-electron chi connectivity index (χ0n) is 9.31. The largest absolute Gasteiger partial charge is 0.309 e. The van der Waals surface area contributed by atoms with E-state index in [1.807, 2.05) is 0 Å². The molecule has 1 aromatic rings. The van der Waals surface area contributed by atoms with Crippen molar-refractivity contribution >= 4 is 38.9 Å². The molecule has 0 spiro atoms. The Labute approximate surface area is 109 Å². The Morgan fingerprint density at radius 2 is 2.20 bits per heavy atom. The lowest BCUT2D eigenvalue weighted by atomic mass is 10.0. The van der Waals surface area contributed by atoms with E-state index in [1.165, 1.54) is 4.88 Å². The molecule has 0 fully saturated rings. The van der Waals surface area contributed by atoms with Gasteiger partial charge in [-0.2, -0.15) is 0 Å². The van der Waals surface area contributed by atoms with Crippen molar-refractivity contribution in [2.24, 2.45) is 5.92 Å². The molecule has 0 radical (unpaired) electrons. The highest BCUT2D eigenvalue weighted by molar-refractivity contribution is 9.11. The average molecular weight is 311 g/mol. The second-order valence-corrected chi connectivity index (χ2v) is 6.76. The molecule has 1 nitrogen and oxygen atoms in total. The van der Waals surface area contributed by atoms with Crippen LogP contribution in [0.15, 0.2) is 9.85 Å². The zero-order chi connectivity index (χ0) is 11.4.